The molecule has 7 heteroatoms. The molecule has 0 aromatic heterocycles. The van der Waals surface area contributed by atoms with Gasteiger partial charge >= 0.3 is 0 Å². The second-order valence-electron chi connectivity index (χ2n) is 5.26. The summed E-state index contributed by atoms with van der Waals surface area (Å²) in [5.74, 6) is 1.26. The van der Waals surface area contributed by atoms with Crippen LogP contribution in [0.15, 0.2) is 46.9 Å². The summed E-state index contributed by atoms with van der Waals surface area (Å²) in [6.07, 6.45) is -0.591. The molecule has 0 aliphatic rings. The zero-order chi connectivity index (χ0) is 18.2. The van der Waals surface area contributed by atoms with Crippen molar-refractivity contribution in [2.75, 3.05) is 12.3 Å². The van der Waals surface area contributed by atoms with Gasteiger partial charge in [-0.2, -0.15) is 11.8 Å². The van der Waals surface area contributed by atoms with Gasteiger partial charge in [-0.15, -0.1) is 0 Å². The smallest absolute Gasteiger partial charge is 0.260 e. The van der Waals surface area contributed by atoms with Gasteiger partial charge in [0, 0.05) is 33.1 Å². The van der Waals surface area contributed by atoms with Gasteiger partial charge in [-0.05, 0) is 43.3 Å². The molecule has 0 saturated heterocycles. The summed E-state index contributed by atoms with van der Waals surface area (Å²) in [5, 5.41) is 3.23. The average Bonchev–Trinajstić information content (AvgIpc) is 2.58. The van der Waals surface area contributed by atoms with E-state index in [1.165, 1.54) is 17.8 Å². The first-order chi connectivity index (χ1) is 12.0. The van der Waals surface area contributed by atoms with Crippen LogP contribution in [0.5, 0.6) is 5.75 Å². The topological polar surface area (TPSA) is 38.3 Å². The van der Waals surface area contributed by atoms with E-state index in [4.69, 9.17) is 16.3 Å². The standard InChI is InChI=1S/C18H18BrClFNO2S/c1-12(24-14-7-5-13(19)6-8-14)18(23)22-9-10-25-11-15-16(20)3-2-4-17(15)21/h2-8,12H,9-11H2,1H3,(H,22,23)/t12-/m0/s1. The Morgan fingerprint density at radius 3 is 2.72 bits per heavy atom. The fourth-order valence-electron chi connectivity index (χ4n) is 2.01. The zero-order valence-corrected chi connectivity index (χ0v) is 16.8. The molecule has 1 atom stereocenters. The summed E-state index contributed by atoms with van der Waals surface area (Å²) in [5.41, 5.74) is 0.493. The first-order valence-corrected chi connectivity index (χ1v) is 10.0. The molecule has 0 heterocycles. The molecule has 1 amide bonds. The number of amides is 1. The Bertz CT molecular complexity index is 694. The number of rotatable bonds is 8. The van der Waals surface area contributed by atoms with Gasteiger partial charge in [0.25, 0.3) is 5.91 Å². The maximum atomic E-state index is 13.6. The highest BCUT2D eigenvalue weighted by atomic mass is 79.9. The monoisotopic (exact) mass is 445 g/mol. The second kappa shape index (κ2) is 10.0. The summed E-state index contributed by atoms with van der Waals surface area (Å²) < 4.78 is 20.2. The molecule has 0 radical (unpaired) electrons. The lowest BCUT2D eigenvalue weighted by atomic mass is 10.2. The largest absolute Gasteiger partial charge is 0.481 e. The number of nitrogens with one attached hydrogen (secondary N) is 1. The van der Waals surface area contributed by atoms with Crippen LogP contribution in [0.2, 0.25) is 5.02 Å². The minimum Gasteiger partial charge on any atom is -0.481 e. The molecule has 0 saturated carbocycles. The molecule has 0 fully saturated rings. The van der Waals surface area contributed by atoms with Crippen molar-refractivity contribution in [2.45, 2.75) is 18.8 Å². The quantitative estimate of drug-likeness (QED) is 0.576. The normalized spacial score (nSPS) is 11.8. The molecule has 134 valence electrons. The molecule has 2 rings (SSSR count). The third kappa shape index (κ3) is 6.53. The second-order valence-corrected chi connectivity index (χ2v) is 7.69. The molecule has 2 aromatic carbocycles. The lowest BCUT2D eigenvalue weighted by Crippen LogP contribution is -2.37. The van der Waals surface area contributed by atoms with E-state index in [0.29, 0.717) is 34.4 Å². The number of thioether (sulfide) groups is 1. The molecular formula is C18H18BrClFNO2S. The van der Waals surface area contributed by atoms with Crippen molar-refractivity contribution in [3.05, 3.63) is 63.3 Å². The Labute approximate surface area is 164 Å². The van der Waals surface area contributed by atoms with Crippen molar-refractivity contribution in [3.8, 4) is 5.75 Å². The van der Waals surface area contributed by atoms with Gasteiger partial charge in [0.15, 0.2) is 6.10 Å². The molecule has 3 nitrogen and oxygen atoms in total. The number of carbonyl (C=O) groups excluding carboxylic acids is 1. The molecule has 0 aliphatic heterocycles. The number of ether oxygens (including phenoxy) is 1. The minimum absolute atomic E-state index is 0.188. The summed E-state index contributed by atoms with van der Waals surface area (Å²) in [6.45, 7) is 2.17. The summed E-state index contributed by atoms with van der Waals surface area (Å²) in [7, 11) is 0. The lowest BCUT2D eigenvalue weighted by Gasteiger charge is -2.14. The van der Waals surface area contributed by atoms with Gasteiger partial charge in [-0.1, -0.05) is 33.6 Å². The molecule has 2 aromatic rings. The van der Waals surface area contributed by atoms with E-state index in [-0.39, 0.29) is 11.7 Å². The predicted molar refractivity (Wildman–Crippen MR) is 105 cm³/mol. The van der Waals surface area contributed by atoms with E-state index in [2.05, 4.69) is 21.2 Å². The van der Waals surface area contributed by atoms with Crippen molar-refractivity contribution in [1.29, 1.82) is 0 Å². The maximum absolute atomic E-state index is 13.6. The van der Waals surface area contributed by atoms with Crippen molar-refractivity contribution < 1.29 is 13.9 Å². The Balaban J connectivity index is 1.68. The van der Waals surface area contributed by atoms with Crippen molar-refractivity contribution in [1.82, 2.24) is 5.32 Å². The van der Waals surface area contributed by atoms with Gasteiger partial charge in [0.05, 0.1) is 0 Å². The number of hydrogen-bond acceptors (Lipinski definition) is 3. The highest BCUT2D eigenvalue weighted by molar-refractivity contribution is 9.10. The Kier molecular flexibility index (Phi) is 8.06. The van der Waals surface area contributed by atoms with E-state index in [9.17, 15) is 9.18 Å². The van der Waals surface area contributed by atoms with Crippen LogP contribution in [0.1, 0.15) is 12.5 Å². The predicted octanol–water partition coefficient (Wildman–Crippen LogP) is 5.06. The maximum Gasteiger partial charge on any atom is 0.260 e. The Morgan fingerprint density at radius 2 is 2.04 bits per heavy atom. The third-order valence-corrected chi connectivity index (χ3v) is 5.22. The van der Waals surface area contributed by atoms with Crippen molar-refractivity contribution >= 4 is 45.2 Å². The molecule has 0 unspecified atom stereocenters. The third-order valence-electron chi connectivity index (χ3n) is 3.35. The fourth-order valence-corrected chi connectivity index (χ4v) is 3.47. The van der Waals surface area contributed by atoms with E-state index >= 15 is 0 Å². The van der Waals surface area contributed by atoms with Crippen LogP contribution in [0, 0.1) is 5.82 Å². The first-order valence-electron chi connectivity index (χ1n) is 7.68. The highest BCUT2D eigenvalue weighted by Crippen LogP contribution is 2.23. The van der Waals surface area contributed by atoms with Gasteiger partial charge in [0.2, 0.25) is 0 Å². The molecule has 1 N–H and O–H groups in total. The SMILES string of the molecule is C[C@H](Oc1ccc(Br)cc1)C(=O)NCCSCc1c(F)cccc1Cl. The summed E-state index contributed by atoms with van der Waals surface area (Å²) >= 11 is 10.8. The Hall–Kier alpha value is -1.24. The van der Waals surface area contributed by atoms with Crippen molar-refractivity contribution in [2.24, 2.45) is 0 Å². The van der Waals surface area contributed by atoms with Crippen LogP contribution in [-0.2, 0) is 10.5 Å². The number of halogens is 3. The van der Waals surface area contributed by atoms with Gasteiger partial charge in [0.1, 0.15) is 11.6 Å². The number of hydrogen-bond donors (Lipinski definition) is 1. The molecule has 0 aliphatic carbocycles. The minimum atomic E-state index is -0.591. The van der Waals surface area contributed by atoms with Crippen LogP contribution in [0.25, 0.3) is 0 Å². The first kappa shape index (κ1) is 20.1. The number of benzene rings is 2. The van der Waals surface area contributed by atoms with Gasteiger partial charge in [-0.3, -0.25) is 4.79 Å². The van der Waals surface area contributed by atoms with Crippen LogP contribution in [0.3, 0.4) is 0 Å². The van der Waals surface area contributed by atoms with E-state index in [1.807, 2.05) is 12.1 Å². The lowest BCUT2D eigenvalue weighted by molar-refractivity contribution is -0.127. The molecule has 0 bridgehead atoms. The summed E-state index contributed by atoms with van der Waals surface area (Å²) in [6, 6.07) is 11.9. The van der Waals surface area contributed by atoms with Crippen LogP contribution >= 0.6 is 39.3 Å². The van der Waals surface area contributed by atoms with Gasteiger partial charge < -0.3 is 10.1 Å². The van der Waals surface area contributed by atoms with Crippen LogP contribution < -0.4 is 10.1 Å². The average molecular weight is 447 g/mol. The Morgan fingerprint density at radius 1 is 1.32 bits per heavy atom. The highest BCUT2D eigenvalue weighted by Gasteiger charge is 2.14. The summed E-state index contributed by atoms with van der Waals surface area (Å²) in [4.78, 5) is 12.0. The van der Waals surface area contributed by atoms with Crippen molar-refractivity contribution in [3.63, 3.8) is 0 Å². The van der Waals surface area contributed by atoms with Gasteiger partial charge in [-0.25, -0.2) is 4.39 Å². The molecular weight excluding hydrogens is 429 g/mol. The van der Waals surface area contributed by atoms with E-state index in [0.717, 1.165) is 4.47 Å². The van der Waals surface area contributed by atoms with Crippen LogP contribution in [-0.4, -0.2) is 24.3 Å². The van der Waals surface area contributed by atoms with E-state index < -0.39 is 6.10 Å². The fraction of sp³-hybridized carbons (Fsp3) is 0.278. The zero-order valence-electron chi connectivity index (χ0n) is 13.6. The van der Waals surface area contributed by atoms with E-state index in [1.54, 1.807) is 31.2 Å². The van der Waals surface area contributed by atoms with Crippen LogP contribution in [0.4, 0.5) is 4.39 Å². The number of carbonyl (C=O) groups is 1. The molecule has 0 spiro atoms. The molecule has 25 heavy (non-hydrogen) atoms.